The first-order valence-electron chi connectivity index (χ1n) is 4.77. The third-order valence-corrected chi connectivity index (χ3v) is 2.24. The van der Waals surface area contributed by atoms with Crippen LogP contribution in [-0.4, -0.2) is 11.7 Å². The molecule has 70 valence electrons. The molecule has 0 N–H and O–H groups in total. The van der Waals surface area contributed by atoms with Gasteiger partial charge >= 0.3 is 0 Å². The van der Waals surface area contributed by atoms with Crippen molar-refractivity contribution in [2.75, 3.05) is 0 Å². The zero-order valence-corrected chi connectivity index (χ0v) is 8.85. The number of ether oxygens (including phenoxy) is 1. The maximum Gasteiger partial charge on any atom is 0.105 e. The van der Waals surface area contributed by atoms with E-state index in [1.807, 2.05) is 0 Å². The van der Waals surface area contributed by atoms with Crippen molar-refractivity contribution in [1.29, 1.82) is 0 Å². The molecule has 0 aromatic rings. The van der Waals surface area contributed by atoms with Gasteiger partial charge in [0.2, 0.25) is 0 Å². The standard InChI is InChI=1S/C11H20O/c1-8(2)6-10-11(5,12-10)7-9(3)4/h6,9-10H,7H2,1-5H3. The van der Waals surface area contributed by atoms with E-state index in [1.165, 1.54) is 12.0 Å². The Hall–Kier alpha value is -0.300. The third-order valence-electron chi connectivity index (χ3n) is 2.24. The molecule has 0 aromatic heterocycles. The summed E-state index contributed by atoms with van der Waals surface area (Å²) in [6.45, 7) is 10.9. The fourth-order valence-electron chi connectivity index (χ4n) is 1.74. The molecule has 0 aliphatic carbocycles. The Balaban J connectivity index is 2.43. The van der Waals surface area contributed by atoms with Crippen molar-refractivity contribution < 1.29 is 4.74 Å². The quantitative estimate of drug-likeness (QED) is 0.466. The number of hydrogen-bond acceptors (Lipinski definition) is 1. The molecule has 0 radical (unpaired) electrons. The molecule has 1 heteroatoms. The van der Waals surface area contributed by atoms with Gasteiger partial charge in [-0.15, -0.1) is 0 Å². The lowest BCUT2D eigenvalue weighted by atomic mass is 9.95. The van der Waals surface area contributed by atoms with Crippen molar-refractivity contribution in [3.05, 3.63) is 11.6 Å². The van der Waals surface area contributed by atoms with E-state index in [0.29, 0.717) is 6.10 Å². The minimum Gasteiger partial charge on any atom is -0.362 e. The van der Waals surface area contributed by atoms with Gasteiger partial charge in [-0.25, -0.2) is 0 Å². The Morgan fingerprint density at radius 3 is 2.50 bits per heavy atom. The zero-order valence-electron chi connectivity index (χ0n) is 8.85. The van der Waals surface area contributed by atoms with Crippen LogP contribution in [0.25, 0.3) is 0 Å². The zero-order chi connectivity index (χ0) is 9.35. The van der Waals surface area contributed by atoms with E-state index in [9.17, 15) is 0 Å². The van der Waals surface area contributed by atoms with Crippen LogP contribution in [0.1, 0.15) is 41.0 Å². The minimum absolute atomic E-state index is 0.144. The van der Waals surface area contributed by atoms with Gasteiger partial charge in [0.15, 0.2) is 0 Å². The highest BCUT2D eigenvalue weighted by molar-refractivity contribution is 5.14. The molecular formula is C11H20O. The van der Waals surface area contributed by atoms with Gasteiger partial charge in [-0.3, -0.25) is 0 Å². The molecule has 0 saturated carbocycles. The summed E-state index contributed by atoms with van der Waals surface area (Å²) in [6.07, 6.45) is 3.77. The number of epoxide rings is 1. The van der Waals surface area contributed by atoms with Crippen molar-refractivity contribution in [3.8, 4) is 0 Å². The molecule has 0 spiro atoms. The van der Waals surface area contributed by atoms with Crippen LogP contribution in [0.5, 0.6) is 0 Å². The summed E-state index contributed by atoms with van der Waals surface area (Å²) >= 11 is 0. The molecular weight excluding hydrogens is 148 g/mol. The van der Waals surface area contributed by atoms with Crippen LogP contribution in [0.15, 0.2) is 11.6 Å². The van der Waals surface area contributed by atoms with Gasteiger partial charge in [0, 0.05) is 0 Å². The Labute approximate surface area is 75.8 Å². The first-order chi connectivity index (χ1) is 5.44. The van der Waals surface area contributed by atoms with Crippen molar-refractivity contribution in [1.82, 2.24) is 0 Å². The van der Waals surface area contributed by atoms with E-state index < -0.39 is 0 Å². The summed E-state index contributed by atoms with van der Waals surface area (Å²) in [5.41, 5.74) is 1.50. The molecule has 1 aliphatic rings. The Bertz CT molecular complexity index is 189. The molecule has 1 nitrogen and oxygen atoms in total. The number of rotatable bonds is 3. The van der Waals surface area contributed by atoms with E-state index >= 15 is 0 Å². The lowest BCUT2D eigenvalue weighted by Crippen LogP contribution is -2.12. The Morgan fingerprint density at radius 2 is 2.08 bits per heavy atom. The summed E-state index contributed by atoms with van der Waals surface area (Å²) in [5, 5.41) is 0. The highest BCUT2D eigenvalue weighted by atomic mass is 16.6. The van der Waals surface area contributed by atoms with Crippen molar-refractivity contribution in [3.63, 3.8) is 0 Å². The predicted molar refractivity (Wildman–Crippen MR) is 52.2 cm³/mol. The molecule has 0 aromatic carbocycles. The molecule has 1 rings (SSSR count). The molecule has 0 amide bonds. The molecule has 1 fully saturated rings. The molecule has 1 aliphatic heterocycles. The van der Waals surface area contributed by atoms with Crippen LogP contribution < -0.4 is 0 Å². The maximum absolute atomic E-state index is 5.65. The van der Waals surface area contributed by atoms with Crippen molar-refractivity contribution in [2.24, 2.45) is 5.92 Å². The van der Waals surface area contributed by atoms with Gasteiger partial charge < -0.3 is 4.74 Å². The van der Waals surface area contributed by atoms with Gasteiger partial charge in [-0.05, 0) is 33.1 Å². The average Bonchev–Trinajstić information content (AvgIpc) is 2.36. The average molecular weight is 168 g/mol. The summed E-state index contributed by atoms with van der Waals surface area (Å²) < 4.78 is 5.65. The highest BCUT2D eigenvalue weighted by Crippen LogP contribution is 2.42. The van der Waals surface area contributed by atoms with Crippen molar-refractivity contribution in [2.45, 2.75) is 52.7 Å². The normalized spacial score (nSPS) is 33.7. The lowest BCUT2D eigenvalue weighted by Gasteiger charge is -2.07. The highest BCUT2D eigenvalue weighted by Gasteiger charge is 2.50. The molecule has 0 bridgehead atoms. The van der Waals surface area contributed by atoms with Crippen LogP contribution in [0, 0.1) is 5.92 Å². The van der Waals surface area contributed by atoms with Crippen LogP contribution in [-0.2, 0) is 4.74 Å². The van der Waals surface area contributed by atoms with Crippen LogP contribution in [0.3, 0.4) is 0 Å². The Kier molecular flexibility index (Phi) is 2.62. The second kappa shape index (κ2) is 3.21. The summed E-state index contributed by atoms with van der Waals surface area (Å²) in [5.74, 6) is 0.727. The smallest absolute Gasteiger partial charge is 0.105 e. The first-order valence-corrected chi connectivity index (χ1v) is 4.77. The molecule has 1 heterocycles. The van der Waals surface area contributed by atoms with Crippen molar-refractivity contribution >= 4 is 0 Å². The summed E-state index contributed by atoms with van der Waals surface area (Å²) in [6, 6.07) is 0. The second-order valence-corrected chi connectivity index (χ2v) is 4.69. The largest absolute Gasteiger partial charge is 0.362 e. The van der Waals surface area contributed by atoms with Gasteiger partial charge in [-0.1, -0.05) is 25.5 Å². The van der Waals surface area contributed by atoms with Gasteiger partial charge in [-0.2, -0.15) is 0 Å². The van der Waals surface area contributed by atoms with Crippen LogP contribution in [0.4, 0.5) is 0 Å². The van der Waals surface area contributed by atoms with Gasteiger partial charge in [0.1, 0.15) is 6.10 Å². The summed E-state index contributed by atoms with van der Waals surface area (Å²) in [7, 11) is 0. The van der Waals surface area contributed by atoms with E-state index in [4.69, 9.17) is 4.74 Å². The number of hydrogen-bond donors (Lipinski definition) is 0. The SMILES string of the molecule is CC(C)=CC1OC1(C)CC(C)C. The summed E-state index contributed by atoms with van der Waals surface area (Å²) in [4.78, 5) is 0. The van der Waals surface area contributed by atoms with Gasteiger partial charge in [0.25, 0.3) is 0 Å². The lowest BCUT2D eigenvalue weighted by molar-refractivity contribution is 0.279. The van der Waals surface area contributed by atoms with E-state index in [2.05, 4.69) is 40.7 Å². The maximum atomic E-state index is 5.65. The number of allylic oxidation sites excluding steroid dienone is 1. The van der Waals surface area contributed by atoms with E-state index in [1.54, 1.807) is 0 Å². The van der Waals surface area contributed by atoms with Gasteiger partial charge in [0.05, 0.1) is 5.60 Å². The molecule has 2 atom stereocenters. The topological polar surface area (TPSA) is 12.5 Å². The fraction of sp³-hybridized carbons (Fsp3) is 0.818. The van der Waals surface area contributed by atoms with Crippen LogP contribution >= 0.6 is 0 Å². The molecule has 12 heavy (non-hydrogen) atoms. The van der Waals surface area contributed by atoms with E-state index in [-0.39, 0.29) is 5.60 Å². The first kappa shape index (κ1) is 9.79. The van der Waals surface area contributed by atoms with Crippen LogP contribution in [0.2, 0.25) is 0 Å². The predicted octanol–water partition coefficient (Wildman–Crippen LogP) is 3.16. The fourth-order valence-corrected chi connectivity index (χ4v) is 1.74. The monoisotopic (exact) mass is 168 g/mol. The molecule has 1 saturated heterocycles. The van der Waals surface area contributed by atoms with E-state index in [0.717, 1.165) is 5.92 Å². The Morgan fingerprint density at radius 1 is 1.50 bits per heavy atom. The third kappa shape index (κ3) is 2.34. The molecule has 2 unspecified atom stereocenters. The minimum atomic E-state index is 0.144. The second-order valence-electron chi connectivity index (χ2n) is 4.69.